The van der Waals surface area contributed by atoms with Gasteiger partial charge in [-0.3, -0.25) is 9.59 Å². The molecular weight excluding hydrogens is 396 g/mol. The van der Waals surface area contributed by atoms with E-state index in [-0.39, 0.29) is 17.1 Å². The molecule has 0 saturated heterocycles. The number of nitrogens with one attached hydrogen (secondary N) is 2. The number of thioether (sulfide) groups is 1. The third-order valence-electron chi connectivity index (χ3n) is 4.43. The maximum atomic E-state index is 12.5. The summed E-state index contributed by atoms with van der Waals surface area (Å²) in [5, 5.41) is 5.52. The number of rotatable bonds is 7. The van der Waals surface area contributed by atoms with Crippen molar-refractivity contribution in [1.82, 2.24) is 0 Å². The van der Waals surface area contributed by atoms with Crippen molar-refractivity contribution in [3.63, 3.8) is 0 Å². The molecule has 0 spiro atoms. The molecule has 0 aliphatic carbocycles. The van der Waals surface area contributed by atoms with Crippen LogP contribution in [0.2, 0.25) is 0 Å². The lowest BCUT2D eigenvalue weighted by atomic mass is 10.2. The van der Waals surface area contributed by atoms with Crippen LogP contribution in [0, 0.1) is 6.92 Å². The number of aryl methyl sites for hydroxylation is 1. The van der Waals surface area contributed by atoms with Crippen LogP contribution in [-0.2, 0) is 4.79 Å². The monoisotopic (exact) mass is 420 g/mol. The van der Waals surface area contributed by atoms with E-state index in [1.807, 2.05) is 62.4 Å². The molecule has 3 rings (SSSR count). The molecule has 5 nitrogen and oxygen atoms in total. The second kappa shape index (κ2) is 9.98. The van der Waals surface area contributed by atoms with Gasteiger partial charge in [0, 0.05) is 21.8 Å². The van der Waals surface area contributed by atoms with E-state index in [0.717, 1.165) is 16.1 Å². The second-order valence-electron chi connectivity index (χ2n) is 6.83. The Hall–Kier alpha value is -3.25. The van der Waals surface area contributed by atoms with E-state index in [1.54, 1.807) is 31.4 Å². The van der Waals surface area contributed by atoms with Crippen molar-refractivity contribution in [2.45, 2.75) is 24.0 Å². The summed E-state index contributed by atoms with van der Waals surface area (Å²) in [6, 6.07) is 22.1. The van der Waals surface area contributed by atoms with Crippen molar-refractivity contribution in [3.8, 4) is 5.75 Å². The third-order valence-corrected chi connectivity index (χ3v) is 5.52. The summed E-state index contributed by atoms with van der Waals surface area (Å²) in [6.07, 6.45) is 0. The first kappa shape index (κ1) is 21.5. The maximum absolute atomic E-state index is 12.5. The van der Waals surface area contributed by atoms with Gasteiger partial charge in [0.25, 0.3) is 5.91 Å². The van der Waals surface area contributed by atoms with Crippen molar-refractivity contribution in [3.05, 3.63) is 83.9 Å². The van der Waals surface area contributed by atoms with Crippen LogP contribution in [0.4, 0.5) is 11.4 Å². The predicted octanol–water partition coefficient (Wildman–Crippen LogP) is 5.38. The second-order valence-corrected chi connectivity index (χ2v) is 8.24. The van der Waals surface area contributed by atoms with Crippen LogP contribution in [0.3, 0.4) is 0 Å². The molecule has 0 saturated carbocycles. The van der Waals surface area contributed by atoms with Gasteiger partial charge in [-0.25, -0.2) is 0 Å². The van der Waals surface area contributed by atoms with Gasteiger partial charge in [-0.1, -0.05) is 29.8 Å². The van der Waals surface area contributed by atoms with Crippen LogP contribution in [0.5, 0.6) is 5.75 Å². The molecule has 1 unspecified atom stereocenters. The summed E-state index contributed by atoms with van der Waals surface area (Å²) in [5.41, 5.74) is 3.10. The standard InChI is InChI=1S/C24H24N2O3S/c1-16-10-12-19(13-11-16)25-23(27)17(2)30-22-9-5-7-20(15-22)26-24(28)18-6-4-8-21(14-18)29-3/h4-15,17H,1-3H3,(H,25,27)(H,26,28). The molecule has 30 heavy (non-hydrogen) atoms. The van der Waals surface area contributed by atoms with Crippen LogP contribution in [0.1, 0.15) is 22.8 Å². The summed E-state index contributed by atoms with van der Waals surface area (Å²) >= 11 is 1.43. The molecule has 0 aromatic heterocycles. The highest BCUT2D eigenvalue weighted by Gasteiger charge is 2.15. The number of anilines is 2. The summed E-state index contributed by atoms with van der Waals surface area (Å²) in [7, 11) is 1.56. The molecule has 3 aromatic carbocycles. The van der Waals surface area contributed by atoms with Gasteiger partial charge in [-0.2, -0.15) is 0 Å². The molecule has 1 atom stereocenters. The largest absolute Gasteiger partial charge is 0.497 e. The summed E-state index contributed by atoms with van der Waals surface area (Å²) in [4.78, 5) is 25.9. The Morgan fingerprint density at radius 2 is 1.63 bits per heavy atom. The normalized spacial score (nSPS) is 11.4. The fourth-order valence-corrected chi connectivity index (χ4v) is 3.68. The van der Waals surface area contributed by atoms with Crippen LogP contribution >= 0.6 is 11.8 Å². The Kier molecular flexibility index (Phi) is 7.14. The quantitative estimate of drug-likeness (QED) is 0.504. The van der Waals surface area contributed by atoms with Gasteiger partial charge < -0.3 is 15.4 Å². The van der Waals surface area contributed by atoms with Crippen molar-refractivity contribution in [2.24, 2.45) is 0 Å². The summed E-state index contributed by atoms with van der Waals surface area (Å²) in [6.45, 7) is 3.86. The number of hydrogen-bond acceptors (Lipinski definition) is 4. The molecule has 2 N–H and O–H groups in total. The van der Waals surface area contributed by atoms with E-state index in [1.165, 1.54) is 11.8 Å². The molecular formula is C24H24N2O3S. The molecule has 0 aliphatic heterocycles. The predicted molar refractivity (Wildman–Crippen MR) is 123 cm³/mol. The highest BCUT2D eigenvalue weighted by atomic mass is 32.2. The zero-order valence-electron chi connectivity index (χ0n) is 17.1. The average molecular weight is 421 g/mol. The van der Waals surface area contributed by atoms with Gasteiger partial charge in [-0.15, -0.1) is 11.8 Å². The Balaban J connectivity index is 1.62. The van der Waals surface area contributed by atoms with Crippen molar-refractivity contribution < 1.29 is 14.3 Å². The molecule has 3 aromatic rings. The Morgan fingerprint density at radius 3 is 2.37 bits per heavy atom. The molecule has 6 heteroatoms. The van der Waals surface area contributed by atoms with E-state index in [9.17, 15) is 9.59 Å². The molecule has 154 valence electrons. The number of methoxy groups -OCH3 is 1. The Bertz CT molecular complexity index is 1030. The van der Waals surface area contributed by atoms with Gasteiger partial charge in [0.15, 0.2) is 0 Å². The molecule has 0 fully saturated rings. The lowest BCUT2D eigenvalue weighted by molar-refractivity contribution is -0.115. The minimum absolute atomic E-state index is 0.0744. The van der Waals surface area contributed by atoms with Crippen LogP contribution in [0.15, 0.2) is 77.7 Å². The Labute approximate surface area is 180 Å². The molecule has 0 heterocycles. The van der Waals surface area contributed by atoms with E-state index < -0.39 is 0 Å². The number of hydrogen-bond donors (Lipinski definition) is 2. The zero-order chi connectivity index (χ0) is 21.5. The summed E-state index contributed by atoms with van der Waals surface area (Å²) < 4.78 is 5.17. The fraction of sp³-hybridized carbons (Fsp3) is 0.167. The first-order valence-corrected chi connectivity index (χ1v) is 10.4. The molecule has 2 amide bonds. The maximum Gasteiger partial charge on any atom is 0.255 e. The first-order valence-electron chi connectivity index (χ1n) is 9.54. The Morgan fingerprint density at radius 1 is 0.900 bits per heavy atom. The smallest absolute Gasteiger partial charge is 0.255 e. The van der Waals surface area contributed by atoms with E-state index >= 15 is 0 Å². The van der Waals surface area contributed by atoms with Crippen molar-refractivity contribution in [1.29, 1.82) is 0 Å². The SMILES string of the molecule is COc1cccc(C(=O)Nc2cccc(SC(C)C(=O)Nc3ccc(C)cc3)c2)c1. The van der Waals surface area contributed by atoms with Crippen molar-refractivity contribution in [2.75, 3.05) is 17.7 Å². The molecule has 0 bridgehead atoms. The zero-order valence-corrected chi connectivity index (χ0v) is 18.0. The number of carbonyl (C=O) groups is 2. The topological polar surface area (TPSA) is 67.4 Å². The number of carbonyl (C=O) groups excluding carboxylic acids is 2. The van der Waals surface area contributed by atoms with Crippen LogP contribution in [-0.4, -0.2) is 24.2 Å². The van der Waals surface area contributed by atoms with E-state index in [4.69, 9.17) is 4.74 Å². The minimum atomic E-state index is -0.296. The van der Waals surface area contributed by atoms with Crippen LogP contribution in [0.25, 0.3) is 0 Å². The third kappa shape index (κ3) is 5.87. The molecule has 0 aliphatic rings. The van der Waals surface area contributed by atoms with Gasteiger partial charge in [0.05, 0.1) is 12.4 Å². The highest BCUT2D eigenvalue weighted by molar-refractivity contribution is 8.00. The number of benzene rings is 3. The summed E-state index contributed by atoms with van der Waals surface area (Å²) in [5.74, 6) is 0.330. The van der Waals surface area contributed by atoms with Gasteiger partial charge >= 0.3 is 0 Å². The highest BCUT2D eigenvalue weighted by Crippen LogP contribution is 2.27. The first-order chi connectivity index (χ1) is 14.4. The van der Waals surface area contributed by atoms with E-state index in [0.29, 0.717) is 17.0 Å². The van der Waals surface area contributed by atoms with Gasteiger partial charge in [0.1, 0.15) is 5.75 Å². The van der Waals surface area contributed by atoms with Gasteiger partial charge in [-0.05, 0) is 62.4 Å². The van der Waals surface area contributed by atoms with E-state index in [2.05, 4.69) is 10.6 Å². The lowest BCUT2D eigenvalue weighted by Crippen LogP contribution is -2.22. The van der Waals surface area contributed by atoms with Crippen molar-refractivity contribution >= 4 is 35.0 Å². The molecule has 0 radical (unpaired) electrons. The van der Waals surface area contributed by atoms with Gasteiger partial charge in [0.2, 0.25) is 5.91 Å². The number of ether oxygens (including phenoxy) is 1. The fourth-order valence-electron chi connectivity index (χ4n) is 2.75. The lowest BCUT2D eigenvalue weighted by Gasteiger charge is -2.13. The van der Waals surface area contributed by atoms with Crippen LogP contribution < -0.4 is 15.4 Å². The average Bonchev–Trinajstić information content (AvgIpc) is 2.75. The minimum Gasteiger partial charge on any atom is -0.497 e. The number of amides is 2.